The number of nitrogens with one attached hydrogen (secondary N) is 1. The van der Waals surface area contributed by atoms with Crippen molar-refractivity contribution in [1.82, 2.24) is 5.32 Å². The summed E-state index contributed by atoms with van der Waals surface area (Å²) in [6, 6.07) is 0.187. The number of carboxylic acids is 1. The smallest absolute Gasteiger partial charge is 0.311 e. The van der Waals surface area contributed by atoms with Crippen molar-refractivity contribution in [2.45, 2.75) is 71.3 Å². The topological polar surface area (TPSA) is 79.5 Å². The van der Waals surface area contributed by atoms with Crippen LogP contribution in [0, 0.1) is 12.8 Å². The van der Waals surface area contributed by atoms with Gasteiger partial charge in [0.15, 0.2) is 0 Å². The number of rotatable bonds is 7. The molecule has 1 aromatic heterocycles. The van der Waals surface area contributed by atoms with Gasteiger partial charge in [0, 0.05) is 11.6 Å². The number of carbonyl (C=O) groups excluding carboxylic acids is 1. The highest BCUT2D eigenvalue weighted by Gasteiger charge is 2.25. The van der Waals surface area contributed by atoms with Crippen molar-refractivity contribution in [2.24, 2.45) is 5.92 Å². The minimum absolute atomic E-state index is 0.187. The number of aliphatic carboxylic acids is 1. The SMILES string of the molecule is CCCCC1CCC(NC(=O)c2c(C)coc2CC(=O)O)CC1. The third kappa shape index (κ3) is 4.85. The summed E-state index contributed by atoms with van der Waals surface area (Å²) < 4.78 is 5.24. The van der Waals surface area contributed by atoms with Gasteiger partial charge >= 0.3 is 5.97 Å². The first kappa shape index (κ1) is 17.6. The van der Waals surface area contributed by atoms with Gasteiger partial charge < -0.3 is 14.8 Å². The summed E-state index contributed by atoms with van der Waals surface area (Å²) in [7, 11) is 0. The Hall–Kier alpha value is -1.78. The number of furan rings is 1. The Labute approximate surface area is 137 Å². The lowest BCUT2D eigenvalue weighted by Gasteiger charge is -2.29. The van der Waals surface area contributed by atoms with E-state index in [-0.39, 0.29) is 24.1 Å². The number of hydrogen-bond acceptors (Lipinski definition) is 3. The highest BCUT2D eigenvalue weighted by Crippen LogP contribution is 2.28. The molecule has 1 aromatic rings. The molecule has 1 amide bonds. The van der Waals surface area contributed by atoms with Gasteiger partial charge in [-0.3, -0.25) is 9.59 Å². The van der Waals surface area contributed by atoms with Crippen LogP contribution in [0.15, 0.2) is 10.7 Å². The minimum Gasteiger partial charge on any atom is -0.481 e. The zero-order valence-corrected chi connectivity index (χ0v) is 14.1. The van der Waals surface area contributed by atoms with E-state index in [4.69, 9.17) is 9.52 Å². The van der Waals surface area contributed by atoms with Crippen molar-refractivity contribution in [2.75, 3.05) is 0 Å². The molecule has 2 N–H and O–H groups in total. The van der Waals surface area contributed by atoms with Gasteiger partial charge in [0.25, 0.3) is 5.91 Å². The van der Waals surface area contributed by atoms with Gasteiger partial charge in [0.05, 0.1) is 11.8 Å². The predicted octanol–water partition coefficient (Wildman–Crippen LogP) is 3.69. The Kier molecular flexibility index (Phi) is 6.25. The molecular formula is C18H27NO4. The van der Waals surface area contributed by atoms with E-state index in [0.29, 0.717) is 11.1 Å². The summed E-state index contributed by atoms with van der Waals surface area (Å²) in [6.07, 6.45) is 9.35. The minimum atomic E-state index is -0.996. The van der Waals surface area contributed by atoms with E-state index in [0.717, 1.165) is 31.6 Å². The van der Waals surface area contributed by atoms with E-state index in [2.05, 4.69) is 12.2 Å². The lowest BCUT2D eigenvalue weighted by Crippen LogP contribution is -2.38. The van der Waals surface area contributed by atoms with Crippen LogP contribution >= 0.6 is 0 Å². The molecule has 0 atom stereocenters. The van der Waals surface area contributed by atoms with Crippen molar-refractivity contribution < 1.29 is 19.1 Å². The van der Waals surface area contributed by atoms with Gasteiger partial charge in [-0.15, -0.1) is 0 Å². The molecule has 2 rings (SSSR count). The molecule has 0 aromatic carbocycles. The summed E-state index contributed by atoms with van der Waals surface area (Å²) in [4.78, 5) is 23.4. The van der Waals surface area contributed by atoms with E-state index < -0.39 is 5.97 Å². The molecular weight excluding hydrogens is 294 g/mol. The second-order valence-electron chi connectivity index (χ2n) is 6.62. The highest BCUT2D eigenvalue weighted by atomic mass is 16.4. The Morgan fingerprint density at radius 2 is 2.00 bits per heavy atom. The lowest BCUT2D eigenvalue weighted by atomic mass is 9.83. The Morgan fingerprint density at radius 3 is 2.61 bits per heavy atom. The van der Waals surface area contributed by atoms with Crippen LogP contribution in [0.4, 0.5) is 0 Å². The average Bonchev–Trinajstić information content (AvgIpc) is 2.86. The Morgan fingerprint density at radius 1 is 1.30 bits per heavy atom. The number of carbonyl (C=O) groups is 2. The summed E-state index contributed by atoms with van der Waals surface area (Å²) in [5, 5.41) is 12.0. The maximum Gasteiger partial charge on any atom is 0.311 e. The molecule has 1 aliphatic rings. The van der Waals surface area contributed by atoms with Crippen molar-refractivity contribution >= 4 is 11.9 Å². The molecule has 0 bridgehead atoms. The second kappa shape index (κ2) is 8.18. The lowest BCUT2D eigenvalue weighted by molar-refractivity contribution is -0.136. The number of hydrogen-bond donors (Lipinski definition) is 2. The normalized spacial score (nSPS) is 21.1. The van der Waals surface area contributed by atoms with Crippen molar-refractivity contribution in [3.63, 3.8) is 0 Å². The van der Waals surface area contributed by atoms with E-state index in [9.17, 15) is 9.59 Å². The van der Waals surface area contributed by atoms with Crippen LogP contribution in [-0.4, -0.2) is 23.0 Å². The quantitative estimate of drug-likeness (QED) is 0.802. The van der Waals surface area contributed by atoms with Gasteiger partial charge in [-0.1, -0.05) is 26.2 Å². The fourth-order valence-electron chi connectivity index (χ4n) is 3.42. The largest absolute Gasteiger partial charge is 0.481 e. The van der Waals surface area contributed by atoms with Gasteiger partial charge in [-0.25, -0.2) is 0 Å². The van der Waals surface area contributed by atoms with Crippen LogP contribution in [0.5, 0.6) is 0 Å². The fraction of sp³-hybridized carbons (Fsp3) is 0.667. The molecule has 0 unspecified atom stereocenters. The monoisotopic (exact) mass is 321 g/mol. The zero-order valence-electron chi connectivity index (χ0n) is 14.1. The number of unbranched alkanes of at least 4 members (excludes halogenated alkanes) is 1. The zero-order chi connectivity index (χ0) is 16.8. The summed E-state index contributed by atoms with van der Waals surface area (Å²) in [6.45, 7) is 3.99. The summed E-state index contributed by atoms with van der Waals surface area (Å²) in [5.41, 5.74) is 1.08. The second-order valence-corrected chi connectivity index (χ2v) is 6.62. The van der Waals surface area contributed by atoms with E-state index in [1.54, 1.807) is 6.92 Å². The molecule has 1 fully saturated rings. The Balaban J connectivity index is 1.91. The van der Waals surface area contributed by atoms with Gasteiger partial charge in [-0.2, -0.15) is 0 Å². The molecule has 1 heterocycles. The average molecular weight is 321 g/mol. The number of amides is 1. The molecule has 1 saturated carbocycles. The van der Waals surface area contributed by atoms with Crippen molar-refractivity contribution in [3.8, 4) is 0 Å². The van der Waals surface area contributed by atoms with Crippen LogP contribution in [0.25, 0.3) is 0 Å². The molecule has 23 heavy (non-hydrogen) atoms. The van der Waals surface area contributed by atoms with E-state index in [1.165, 1.54) is 25.5 Å². The number of carboxylic acid groups (broad SMARTS) is 1. The molecule has 0 spiro atoms. The molecule has 0 saturated heterocycles. The van der Waals surface area contributed by atoms with Crippen LogP contribution < -0.4 is 5.32 Å². The van der Waals surface area contributed by atoms with Gasteiger partial charge in [0.1, 0.15) is 12.2 Å². The van der Waals surface area contributed by atoms with Crippen LogP contribution in [0.3, 0.4) is 0 Å². The third-order valence-electron chi connectivity index (χ3n) is 4.74. The first-order chi connectivity index (χ1) is 11.0. The maximum absolute atomic E-state index is 12.5. The standard InChI is InChI=1S/C18H27NO4/c1-3-4-5-13-6-8-14(9-7-13)19-18(22)17-12(2)11-23-15(17)10-16(20)21/h11,13-14H,3-10H2,1-2H3,(H,19,22)(H,20,21). The maximum atomic E-state index is 12.5. The highest BCUT2D eigenvalue weighted by molar-refractivity contribution is 5.97. The third-order valence-corrected chi connectivity index (χ3v) is 4.74. The van der Waals surface area contributed by atoms with E-state index >= 15 is 0 Å². The molecule has 5 nitrogen and oxygen atoms in total. The van der Waals surface area contributed by atoms with Crippen molar-refractivity contribution in [3.05, 3.63) is 23.2 Å². The number of aryl methyl sites for hydroxylation is 1. The first-order valence-electron chi connectivity index (χ1n) is 8.60. The van der Waals surface area contributed by atoms with Gasteiger partial charge in [0.2, 0.25) is 0 Å². The molecule has 0 radical (unpaired) electrons. The summed E-state index contributed by atoms with van der Waals surface area (Å²) in [5.74, 6) is -0.167. The molecule has 0 aliphatic heterocycles. The summed E-state index contributed by atoms with van der Waals surface area (Å²) >= 11 is 0. The molecule has 128 valence electrons. The predicted molar refractivity (Wildman–Crippen MR) is 87.5 cm³/mol. The molecule has 5 heteroatoms. The van der Waals surface area contributed by atoms with E-state index in [1.807, 2.05) is 0 Å². The van der Waals surface area contributed by atoms with Gasteiger partial charge in [-0.05, 0) is 38.5 Å². The first-order valence-corrected chi connectivity index (χ1v) is 8.60. The van der Waals surface area contributed by atoms with Crippen LogP contribution in [0.1, 0.15) is 73.6 Å². The molecule has 1 aliphatic carbocycles. The van der Waals surface area contributed by atoms with Crippen LogP contribution in [0.2, 0.25) is 0 Å². The fourth-order valence-corrected chi connectivity index (χ4v) is 3.42. The Bertz CT molecular complexity index is 541. The van der Waals surface area contributed by atoms with Crippen molar-refractivity contribution in [1.29, 1.82) is 0 Å². The van der Waals surface area contributed by atoms with Crippen LogP contribution in [-0.2, 0) is 11.2 Å².